The predicted molar refractivity (Wildman–Crippen MR) is 130 cm³/mol. The van der Waals surface area contributed by atoms with Gasteiger partial charge in [-0.25, -0.2) is 9.89 Å². The molecule has 2 fully saturated rings. The quantitative estimate of drug-likeness (QED) is 0.472. The van der Waals surface area contributed by atoms with Crippen LogP contribution >= 0.6 is 0 Å². The van der Waals surface area contributed by atoms with E-state index in [4.69, 9.17) is 4.42 Å². The Bertz CT molecular complexity index is 1370. The van der Waals surface area contributed by atoms with E-state index >= 15 is 0 Å². The molecule has 7 heteroatoms. The number of aromatic nitrogens is 3. The molecule has 1 aliphatic carbocycles. The van der Waals surface area contributed by atoms with E-state index in [1.165, 1.54) is 0 Å². The van der Waals surface area contributed by atoms with Gasteiger partial charge in [0.25, 0.3) is 0 Å². The zero-order valence-electron chi connectivity index (χ0n) is 19.1. The monoisotopic (exact) mass is 456 g/mol. The molecule has 2 aromatic heterocycles. The average Bonchev–Trinajstić information content (AvgIpc) is 3.67. The summed E-state index contributed by atoms with van der Waals surface area (Å²) in [7, 11) is 0. The van der Waals surface area contributed by atoms with Crippen LogP contribution in [0.2, 0.25) is 0 Å². The normalized spacial score (nSPS) is 18.8. The van der Waals surface area contributed by atoms with Crippen LogP contribution in [-0.4, -0.2) is 38.7 Å². The molecule has 1 amide bonds. The number of hydrogen-bond donors (Lipinski definition) is 1. The number of carbonyl (C=O) groups excluding carboxylic acids is 1. The van der Waals surface area contributed by atoms with Gasteiger partial charge in [-0.15, -0.1) is 0 Å². The van der Waals surface area contributed by atoms with Crippen molar-refractivity contribution >= 4 is 16.9 Å². The summed E-state index contributed by atoms with van der Waals surface area (Å²) >= 11 is 0. The van der Waals surface area contributed by atoms with Crippen LogP contribution in [0.5, 0.6) is 0 Å². The maximum Gasteiger partial charge on any atom is 0.343 e. The summed E-state index contributed by atoms with van der Waals surface area (Å²) in [6, 6.07) is 16.2. The van der Waals surface area contributed by atoms with E-state index in [9.17, 15) is 9.59 Å². The third-order valence-electron chi connectivity index (χ3n) is 7.43. The highest BCUT2D eigenvalue weighted by Crippen LogP contribution is 2.30. The predicted octanol–water partition coefficient (Wildman–Crippen LogP) is 4.69. The van der Waals surface area contributed by atoms with Crippen molar-refractivity contribution in [2.45, 2.75) is 38.6 Å². The van der Waals surface area contributed by atoms with Crippen molar-refractivity contribution in [3.63, 3.8) is 0 Å². The number of carbonyl (C=O) groups is 1. The zero-order chi connectivity index (χ0) is 23.1. The van der Waals surface area contributed by atoms with Crippen molar-refractivity contribution < 1.29 is 9.21 Å². The number of rotatable bonds is 5. The Morgan fingerprint density at radius 3 is 2.59 bits per heavy atom. The van der Waals surface area contributed by atoms with Crippen LogP contribution in [0.3, 0.4) is 0 Å². The second-order valence-electron chi connectivity index (χ2n) is 9.63. The summed E-state index contributed by atoms with van der Waals surface area (Å²) < 4.78 is 7.16. The second-order valence-corrected chi connectivity index (χ2v) is 9.63. The number of nitrogens with one attached hydrogen (secondary N) is 1. The molecule has 4 aromatic rings. The molecule has 1 atom stereocenters. The Labute approximate surface area is 197 Å². The van der Waals surface area contributed by atoms with Gasteiger partial charge in [-0.2, -0.15) is 5.10 Å². The van der Waals surface area contributed by atoms with Gasteiger partial charge in [0.1, 0.15) is 5.58 Å². The number of furan rings is 1. The molecule has 0 spiro atoms. The summed E-state index contributed by atoms with van der Waals surface area (Å²) in [6.07, 6.45) is 7.00. The Hall–Kier alpha value is -3.61. The standard InChI is InChI=1S/C27H28N4O3/c32-26(21-3-1-2-4-21)30-13-11-18(16-30)17-31-25(28-29-27(31)33)20-7-5-19(6-8-20)22-9-10-24-23(15-22)12-14-34-24/h5-10,12,14-15,18,21H,1-4,11,13,16-17H2,(H,29,33)/t18-/m1/s1. The topological polar surface area (TPSA) is 84.1 Å². The lowest BCUT2D eigenvalue weighted by molar-refractivity contribution is -0.134. The van der Waals surface area contributed by atoms with Gasteiger partial charge in [-0.1, -0.05) is 43.2 Å². The Morgan fingerprint density at radius 1 is 1.00 bits per heavy atom. The van der Waals surface area contributed by atoms with Gasteiger partial charge in [-0.05, 0) is 54.5 Å². The summed E-state index contributed by atoms with van der Waals surface area (Å²) in [6.45, 7) is 2.08. The molecule has 2 aliphatic rings. The van der Waals surface area contributed by atoms with Crippen molar-refractivity contribution in [3.05, 3.63) is 65.3 Å². The van der Waals surface area contributed by atoms with Gasteiger partial charge in [0.2, 0.25) is 5.91 Å². The first kappa shape index (κ1) is 21.0. The third kappa shape index (κ3) is 3.85. The lowest BCUT2D eigenvalue weighted by Crippen LogP contribution is -2.34. The van der Waals surface area contributed by atoms with Crippen LogP contribution < -0.4 is 5.69 Å². The Kier molecular flexibility index (Phi) is 5.32. The molecule has 7 nitrogen and oxygen atoms in total. The Balaban J connectivity index is 1.18. The third-order valence-corrected chi connectivity index (χ3v) is 7.43. The van der Waals surface area contributed by atoms with Gasteiger partial charge in [-0.3, -0.25) is 9.36 Å². The smallest absolute Gasteiger partial charge is 0.343 e. The number of nitrogens with zero attached hydrogens (tertiary/aromatic N) is 3. The maximum absolute atomic E-state index is 12.8. The van der Waals surface area contributed by atoms with Gasteiger partial charge in [0.05, 0.1) is 6.26 Å². The number of H-pyrrole nitrogens is 1. The fourth-order valence-corrected chi connectivity index (χ4v) is 5.54. The minimum atomic E-state index is -0.204. The summed E-state index contributed by atoms with van der Waals surface area (Å²) in [5.74, 6) is 1.42. The number of amides is 1. The van der Waals surface area contributed by atoms with Gasteiger partial charge < -0.3 is 9.32 Å². The molecule has 1 saturated heterocycles. The first-order valence-electron chi connectivity index (χ1n) is 12.2. The number of aromatic amines is 1. The largest absolute Gasteiger partial charge is 0.464 e. The summed E-state index contributed by atoms with van der Waals surface area (Å²) in [5, 5.41) is 8.00. The van der Waals surface area contributed by atoms with Crippen LogP contribution in [0.1, 0.15) is 32.1 Å². The van der Waals surface area contributed by atoms with Crippen LogP contribution in [0.4, 0.5) is 0 Å². The molecular formula is C27H28N4O3. The van der Waals surface area contributed by atoms with E-state index in [1.54, 1.807) is 10.8 Å². The average molecular weight is 457 g/mol. The van der Waals surface area contributed by atoms with Crippen LogP contribution in [-0.2, 0) is 11.3 Å². The van der Waals surface area contributed by atoms with Crippen molar-refractivity contribution in [3.8, 4) is 22.5 Å². The first-order chi connectivity index (χ1) is 16.7. The first-order valence-corrected chi connectivity index (χ1v) is 12.2. The molecule has 3 heterocycles. The molecule has 6 rings (SSSR count). The lowest BCUT2D eigenvalue weighted by atomic mass is 10.0. The summed E-state index contributed by atoms with van der Waals surface area (Å²) in [4.78, 5) is 27.4. The zero-order valence-corrected chi connectivity index (χ0v) is 19.1. The van der Waals surface area contributed by atoms with Crippen molar-refractivity contribution in [1.29, 1.82) is 0 Å². The van der Waals surface area contributed by atoms with Gasteiger partial charge in [0, 0.05) is 36.5 Å². The number of benzene rings is 2. The minimum absolute atomic E-state index is 0.204. The van der Waals surface area contributed by atoms with Gasteiger partial charge >= 0.3 is 5.69 Å². The van der Waals surface area contributed by atoms with Crippen molar-refractivity contribution in [2.24, 2.45) is 11.8 Å². The van der Waals surface area contributed by atoms with Gasteiger partial charge in [0.15, 0.2) is 5.82 Å². The SMILES string of the molecule is O=C(C1CCCC1)N1CC[C@@H](Cn2c(-c3ccc(-c4ccc5occc5c4)cc3)n[nH]c2=O)C1. The highest BCUT2D eigenvalue weighted by atomic mass is 16.3. The van der Waals surface area contributed by atoms with E-state index in [0.29, 0.717) is 18.3 Å². The van der Waals surface area contributed by atoms with Crippen LogP contribution in [0.15, 0.2) is 64.0 Å². The molecule has 174 valence electrons. The molecule has 0 bridgehead atoms. The maximum atomic E-state index is 12.8. The number of fused-ring (bicyclic) bond motifs is 1. The molecule has 0 radical (unpaired) electrons. The Morgan fingerprint density at radius 2 is 1.76 bits per heavy atom. The number of hydrogen-bond acceptors (Lipinski definition) is 4. The molecule has 1 saturated carbocycles. The second kappa shape index (κ2) is 8.63. The van der Waals surface area contributed by atoms with E-state index in [-0.39, 0.29) is 17.5 Å². The number of likely N-dealkylation sites (tertiary alicyclic amines) is 1. The fourth-order valence-electron chi connectivity index (χ4n) is 5.54. The van der Waals surface area contributed by atoms with E-state index in [0.717, 1.165) is 72.9 Å². The lowest BCUT2D eigenvalue weighted by Gasteiger charge is -2.20. The van der Waals surface area contributed by atoms with Crippen LogP contribution in [0, 0.1) is 11.8 Å². The van der Waals surface area contributed by atoms with Crippen molar-refractivity contribution in [1.82, 2.24) is 19.7 Å². The molecule has 34 heavy (non-hydrogen) atoms. The van der Waals surface area contributed by atoms with E-state index < -0.39 is 0 Å². The van der Waals surface area contributed by atoms with E-state index in [2.05, 4.69) is 28.4 Å². The summed E-state index contributed by atoms with van der Waals surface area (Å²) in [5.41, 5.74) is 3.76. The van der Waals surface area contributed by atoms with Crippen LogP contribution in [0.25, 0.3) is 33.5 Å². The fraction of sp³-hybridized carbons (Fsp3) is 0.370. The van der Waals surface area contributed by atoms with Crippen molar-refractivity contribution in [2.75, 3.05) is 13.1 Å². The molecular weight excluding hydrogens is 428 g/mol. The van der Waals surface area contributed by atoms with E-state index in [1.807, 2.05) is 35.2 Å². The molecule has 2 aromatic carbocycles. The highest BCUT2D eigenvalue weighted by molar-refractivity contribution is 5.83. The molecule has 1 aliphatic heterocycles. The highest BCUT2D eigenvalue weighted by Gasteiger charge is 2.32. The molecule has 0 unspecified atom stereocenters. The molecule has 1 N–H and O–H groups in total. The minimum Gasteiger partial charge on any atom is -0.464 e.